The maximum absolute atomic E-state index is 12.8. The molecule has 1 saturated heterocycles. The molecule has 78 valence electrons. The van der Waals surface area contributed by atoms with Crippen LogP contribution in [-0.4, -0.2) is 29.6 Å². The van der Waals surface area contributed by atoms with Gasteiger partial charge in [0.25, 0.3) is 0 Å². The summed E-state index contributed by atoms with van der Waals surface area (Å²) < 4.78 is 65.2. The lowest BCUT2D eigenvalue weighted by molar-refractivity contribution is -0.404. The van der Waals surface area contributed by atoms with Gasteiger partial charge in [-0.25, -0.2) is 0 Å². The molecular formula is C6H7F5O2. The first-order valence-corrected chi connectivity index (χ1v) is 3.44. The van der Waals surface area contributed by atoms with Gasteiger partial charge < -0.3 is 9.84 Å². The molecule has 1 heterocycles. The van der Waals surface area contributed by atoms with Crippen LogP contribution in [0.1, 0.15) is 6.92 Å². The fourth-order valence-electron chi connectivity index (χ4n) is 1.05. The molecule has 2 atom stereocenters. The number of aliphatic hydroxyl groups is 1. The molecule has 0 aromatic heterocycles. The molecule has 0 spiro atoms. The van der Waals surface area contributed by atoms with E-state index in [1.165, 1.54) is 0 Å². The average Bonchev–Trinajstić information content (AvgIpc) is 2.13. The predicted octanol–water partition coefficient (Wildman–Crippen LogP) is 1.54. The van der Waals surface area contributed by atoms with Crippen molar-refractivity contribution in [1.82, 2.24) is 0 Å². The number of ether oxygens (including phenoxy) is 1. The van der Waals surface area contributed by atoms with Crippen LogP contribution < -0.4 is 0 Å². The molecule has 0 bridgehead atoms. The number of halogens is 5. The molecule has 1 rings (SSSR count). The Hall–Kier alpha value is -0.430. The Morgan fingerprint density at radius 2 is 1.85 bits per heavy atom. The van der Waals surface area contributed by atoms with Crippen molar-refractivity contribution < 1.29 is 31.8 Å². The second-order valence-electron chi connectivity index (χ2n) is 2.98. The third-order valence-corrected chi connectivity index (χ3v) is 2.00. The lowest BCUT2D eigenvalue weighted by Gasteiger charge is -2.30. The summed E-state index contributed by atoms with van der Waals surface area (Å²) in [4.78, 5) is 0. The average molecular weight is 206 g/mol. The van der Waals surface area contributed by atoms with Gasteiger partial charge in [0, 0.05) is 5.92 Å². The normalized spacial score (nSPS) is 39.5. The number of alkyl halides is 5. The van der Waals surface area contributed by atoms with E-state index in [4.69, 9.17) is 5.11 Å². The second kappa shape index (κ2) is 2.54. The topological polar surface area (TPSA) is 29.5 Å². The highest BCUT2D eigenvalue weighted by Crippen LogP contribution is 2.51. The van der Waals surface area contributed by atoms with Gasteiger partial charge in [0.2, 0.25) is 0 Å². The van der Waals surface area contributed by atoms with Gasteiger partial charge in [0.1, 0.15) is 0 Å². The maximum atomic E-state index is 12.8. The van der Waals surface area contributed by atoms with E-state index in [2.05, 4.69) is 4.74 Å². The molecule has 0 radical (unpaired) electrons. The maximum Gasteiger partial charge on any atom is 0.449 e. The third kappa shape index (κ3) is 1.21. The molecule has 0 aromatic rings. The molecule has 1 fully saturated rings. The molecule has 7 heteroatoms. The lowest BCUT2D eigenvalue weighted by atomic mass is 10.00. The quantitative estimate of drug-likeness (QED) is 0.609. The highest BCUT2D eigenvalue weighted by molar-refractivity contribution is 4.99. The summed E-state index contributed by atoms with van der Waals surface area (Å²) in [6.07, 6.45) is -5.48. The highest BCUT2D eigenvalue weighted by atomic mass is 19.4. The van der Waals surface area contributed by atoms with Crippen molar-refractivity contribution in [3.05, 3.63) is 0 Å². The molecule has 1 aliphatic heterocycles. The highest BCUT2D eigenvalue weighted by Gasteiger charge is 2.75. The first-order chi connectivity index (χ1) is 5.63. The fraction of sp³-hybridized carbons (Fsp3) is 1.00. The predicted molar refractivity (Wildman–Crippen MR) is 31.1 cm³/mol. The standard InChI is InChI=1S/C6H7F5O2/c1-3-2-13-5(12,4(3,7)8)6(9,10)11/h3,12H,2H2,1H3. The Balaban J connectivity index is 3.06. The van der Waals surface area contributed by atoms with E-state index in [1.807, 2.05) is 0 Å². The van der Waals surface area contributed by atoms with Gasteiger partial charge in [-0.05, 0) is 0 Å². The van der Waals surface area contributed by atoms with E-state index >= 15 is 0 Å². The number of hydrogen-bond donors (Lipinski definition) is 1. The van der Waals surface area contributed by atoms with Crippen LogP contribution in [0.4, 0.5) is 22.0 Å². The summed E-state index contributed by atoms with van der Waals surface area (Å²) >= 11 is 0. The zero-order valence-electron chi connectivity index (χ0n) is 6.53. The first-order valence-electron chi connectivity index (χ1n) is 3.44. The molecule has 0 aliphatic carbocycles. The van der Waals surface area contributed by atoms with Crippen LogP contribution in [0.3, 0.4) is 0 Å². The van der Waals surface area contributed by atoms with Crippen molar-refractivity contribution in [1.29, 1.82) is 0 Å². The van der Waals surface area contributed by atoms with E-state index in [0.29, 0.717) is 0 Å². The minimum Gasteiger partial charge on any atom is -0.354 e. The van der Waals surface area contributed by atoms with Gasteiger partial charge in [0.15, 0.2) is 0 Å². The minimum atomic E-state index is -5.48. The Labute approximate surface area is 70.3 Å². The van der Waals surface area contributed by atoms with Gasteiger partial charge >= 0.3 is 17.9 Å². The smallest absolute Gasteiger partial charge is 0.354 e. The number of rotatable bonds is 0. The third-order valence-electron chi connectivity index (χ3n) is 2.00. The number of hydrogen-bond acceptors (Lipinski definition) is 2. The van der Waals surface area contributed by atoms with Crippen molar-refractivity contribution in [2.45, 2.75) is 24.8 Å². The zero-order chi connectivity index (χ0) is 10.5. The van der Waals surface area contributed by atoms with Crippen molar-refractivity contribution in [3.63, 3.8) is 0 Å². The van der Waals surface area contributed by atoms with Gasteiger partial charge in [-0.15, -0.1) is 0 Å². The van der Waals surface area contributed by atoms with Crippen LogP contribution in [-0.2, 0) is 4.74 Å². The van der Waals surface area contributed by atoms with Crippen molar-refractivity contribution in [2.24, 2.45) is 5.92 Å². The molecule has 1 aliphatic rings. The van der Waals surface area contributed by atoms with E-state index in [-0.39, 0.29) is 0 Å². The van der Waals surface area contributed by atoms with Gasteiger partial charge in [-0.3, -0.25) is 0 Å². The SMILES string of the molecule is CC1COC(O)(C(F)(F)F)C1(F)F. The summed E-state index contributed by atoms with van der Waals surface area (Å²) in [5.41, 5.74) is 0. The Morgan fingerprint density at radius 3 is 2.00 bits per heavy atom. The van der Waals surface area contributed by atoms with Crippen LogP contribution in [0.2, 0.25) is 0 Å². The van der Waals surface area contributed by atoms with Gasteiger partial charge in [0.05, 0.1) is 6.61 Å². The van der Waals surface area contributed by atoms with Crippen LogP contribution in [0.15, 0.2) is 0 Å². The van der Waals surface area contributed by atoms with Crippen molar-refractivity contribution in [3.8, 4) is 0 Å². The van der Waals surface area contributed by atoms with E-state index < -0.39 is 30.4 Å². The second-order valence-corrected chi connectivity index (χ2v) is 2.98. The molecule has 2 nitrogen and oxygen atoms in total. The fourth-order valence-corrected chi connectivity index (χ4v) is 1.05. The van der Waals surface area contributed by atoms with Crippen LogP contribution in [0.5, 0.6) is 0 Å². The van der Waals surface area contributed by atoms with Crippen molar-refractivity contribution >= 4 is 0 Å². The molecule has 2 unspecified atom stereocenters. The van der Waals surface area contributed by atoms with Crippen molar-refractivity contribution in [2.75, 3.05) is 6.61 Å². The van der Waals surface area contributed by atoms with Crippen LogP contribution in [0.25, 0.3) is 0 Å². The molecular weight excluding hydrogens is 199 g/mol. The summed E-state index contributed by atoms with van der Waals surface area (Å²) in [5.74, 6) is -10.3. The largest absolute Gasteiger partial charge is 0.449 e. The summed E-state index contributed by atoms with van der Waals surface area (Å²) in [6.45, 7) is 0.0622. The van der Waals surface area contributed by atoms with Crippen LogP contribution in [0, 0.1) is 5.92 Å². The van der Waals surface area contributed by atoms with E-state index in [1.54, 1.807) is 0 Å². The zero-order valence-corrected chi connectivity index (χ0v) is 6.53. The molecule has 13 heavy (non-hydrogen) atoms. The molecule has 0 aromatic carbocycles. The first kappa shape index (κ1) is 10.6. The molecule has 0 amide bonds. The lowest BCUT2D eigenvalue weighted by Crippen LogP contribution is -2.57. The Morgan fingerprint density at radius 1 is 1.38 bits per heavy atom. The van der Waals surface area contributed by atoms with E-state index in [0.717, 1.165) is 6.92 Å². The molecule has 1 N–H and O–H groups in total. The van der Waals surface area contributed by atoms with E-state index in [9.17, 15) is 22.0 Å². The summed E-state index contributed by atoms with van der Waals surface area (Å²) in [5, 5.41) is 8.63. The minimum absolute atomic E-state index is 0.816. The Bertz CT molecular complexity index is 214. The van der Waals surface area contributed by atoms with Gasteiger partial charge in [-0.1, -0.05) is 6.92 Å². The summed E-state index contributed by atoms with van der Waals surface area (Å²) in [7, 11) is 0. The van der Waals surface area contributed by atoms with Crippen LogP contribution >= 0.6 is 0 Å². The Kier molecular flexibility index (Phi) is 2.08. The van der Waals surface area contributed by atoms with Gasteiger partial charge in [-0.2, -0.15) is 22.0 Å². The summed E-state index contributed by atoms with van der Waals surface area (Å²) in [6, 6.07) is 0. The molecule has 0 saturated carbocycles. The monoisotopic (exact) mass is 206 g/mol.